The number of carbonyl (C=O) groups excluding carboxylic acids is 1. The second-order valence-corrected chi connectivity index (χ2v) is 13.4. The van der Waals surface area contributed by atoms with Crippen molar-refractivity contribution in [2.24, 2.45) is 40.4 Å². The minimum atomic E-state index is -4.79. The number of alkyl halides is 3. The number of ether oxygens (including phenoxy) is 1. The standard InChI is InChI=1S/C29H38F3N3O3/c1-26(37)12-13-27(2)17(15-26)4-6-19-20-7-8-22(28(20,3)11-10-21(19)27)25(36)16-35-24-14-18(38-29(30,31)32)5-9-23(24)33-34-35/h5,9,14,17,19-22,37H,4,6-8,10-13,15-16H2,1-3H3/t17-,19-,20-,21-,22+,26+,27-,28-/m0/s1. The summed E-state index contributed by atoms with van der Waals surface area (Å²) < 4.78 is 43.7. The van der Waals surface area contributed by atoms with Crippen molar-refractivity contribution in [3.63, 3.8) is 0 Å². The number of rotatable bonds is 4. The Hall–Kier alpha value is -2.16. The molecule has 1 aromatic heterocycles. The van der Waals surface area contributed by atoms with Crippen LogP contribution in [0.25, 0.3) is 11.0 Å². The van der Waals surface area contributed by atoms with Gasteiger partial charge in [-0.1, -0.05) is 19.1 Å². The first-order valence-electron chi connectivity index (χ1n) is 14.1. The van der Waals surface area contributed by atoms with Crippen LogP contribution in [0.3, 0.4) is 0 Å². The van der Waals surface area contributed by atoms with Crippen molar-refractivity contribution < 1.29 is 27.8 Å². The van der Waals surface area contributed by atoms with E-state index in [1.54, 1.807) is 0 Å². The Kier molecular flexibility index (Phi) is 5.95. The van der Waals surface area contributed by atoms with Crippen LogP contribution in [0.15, 0.2) is 18.2 Å². The molecule has 4 aliphatic rings. The molecule has 0 amide bonds. The van der Waals surface area contributed by atoms with Crippen LogP contribution in [-0.2, 0) is 11.3 Å². The predicted octanol–water partition coefficient (Wildman–Crippen LogP) is 6.31. The van der Waals surface area contributed by atoms with Crippen molar-refractivity contribution in [1.29, 1.82) is 0 Å². The fourth-order valence-electron chi connectivity index (χ4n) is 9.48. The molecule has 4 fully saturated rings. The summed E-state index contributed by atoms with van der Waals surface area (Å²) in [4.78, 5) is 13.7. The molecule has 4 aliphatic carbocycles. The number of carbonyl (C=O) groups is 1. The Labute approximate surface area is 221 Å². The van der Waals surface area contributed by atoms with Gasteiger partial charge in [-0.15, -0.1) is 18.3 Å². The molecule has 9 heteroatoms. The van der Waals surface area contributed by atoms with Gasteiger partial charge in [-0.05, 0) is 111 Å². The van der Waals surface area contributed by atoms with Gasteiger partial charge in [0.2, 0.25) is 0 Å². The highest BCUT2D eigenvalue weighted by molar-refractivity contribution is 5.84. The summed E-state index contributed by atoms with van der Waals surface area (Å²) in [6, 6.07) is 3.89. The van der Waals surface area contributed by atoms with Crippen LogP contribution in [0.1, 0.15) is 78.6 Å². The van der Waals surface area contributed by atoms with Crippen LogP contribution >= 0.6 is 0 Å². The van der Waals surface area contributed by atoms with E-state index in [0.29, 0.717) is 34.7 Å². The lowest BCUT2D eigenvalue weighted by Crippen LogP contribution is -2.55. The molecule has 1 aromatic carbocycles. The van der Waals surface area contributed by atoms with Crippen LogP contribution in [0.2, 0.25) is 0 Å². The fourth-order valence-corrected chi connectivity index (χ4v) is 9.48. The summed E-state index contributed by atoms with van der Waals surface area (Å²) in [5, 5.41) is 18.9. The Balaban J connectivity index is 1.20. The fraction of sp³-hybridized carbons (Fsp3) is 0.759. The van der Waals surface area contributed by atoms with E-state index in [1.165, 1.54) is 29.3 Å². The Morgan fingerprint density at radius 2 is 1.82 bits per heavy atom. The van der Waals surface area contributed by atoms with Gasteiger partial charge in [0.15, 0.2) is 5.78 Å². The van der Waals surface area contributed by atoms with Crippen molar-refractivity contribution in [3.05, 3.63) is 18.2 Å². The minimum Gasteiger partial charge on any atom is -0.406 e. The quantitative estimate of drug-likeness (QED) is 0.499. The third-order valence-electron chi connectivity index (χ3n) is 11.4. The van der Waals surface area contributed by atoms with E-state index in [-0.39, 0.29) is 34.8 Å². The minimum absolute atomic E-state index is 0.00190. The molecule has 0 bridgehead atoms. The van der Waals surface area contributed by atoms with E-state index in [1.807, 2.05) is 6.92 Å². The van der Waals surface area contributed by atoms with Crippen molar-refractivity contribution >= 4 is 16.8 Å². The molecular weight excluding hydrogens is 495 g/mol. The summed E-state index contributed by atoms with van der Waals surface area (Å²) in [7, 11) is 0. The molecule has 2 aromatic rings. The van der Waals surface area contributed by atoms with Gasteiger partial charge in [-0.2, -0.15) is 0 Å². The van der Waals surface area contributed by atoms with Gasteiger partial charge < -0.3 is 9.84 Å². The molecule has 8 atom stereocenters. The average Bonchev–Trinajstić information content (AvgIpc) is 3.38. The lowest BCUT2D eigenvalue weighted by molar-refractivity contribution is -0.274. The SMILES string of the molecule is C[C@@]1(O)CC[C@@]2(C)[C@@H](CC[C@@H]3[C@@H]2CC[C@]2(C)[C@@H](C(=O)Cn4nnc5ccc(OC(F)(F)F)cc54)CC[C@@H]32)C1. The molecule has 0 unspecified atom stereocenters. The number of aromatic nitrogens is 3. The lowest BCUT2D eigenvalue weighted by atomic mass is 9.44. The highest BCUT2D eigenvalue weighted by Crippen LogP contribution is 2.68. The molecule has 0 spiro atoms. The second kappa shape index (κ2) is 8.67. The Bertz CT molecular complexity index is 1240. The Morgan fingerprint density at radius 1 is 1.05 bits per heavy atom. The summed E-state index contributed by atoms with van der Waals surface area (Å²) in [5.41, 5.74) is 0.450. The van der Waals surface area contributed by atoms with Gasteiger partial charge in [0, 0.05) is 12.0 Å². The van der Waals surface area contributed by atoms with Crippen molar-refractivity contribution in [2.75, 3.05) is 0 Å². The van der Waals surface area contributed by atoms with Gasteiger partial charge in [-0.25, -0.2) is 4.68 Å². The van der Waals surface area contributed by atoms with E-state index in [4.69, 9.17) is 0 Å². The maximum absolute atomic E-state index is 13.7. The maximum atomic E-state index is 13.7. The molecule has 38 heavy (non-hydrogen) atoms. The number of ketones is 1. The van der Waals surface area contributed by atoms with E-state index < -0.39 is 12.0 Å². The van der Waals surface area contributed by atoms with Crippen molar-refractivity contribution in [1.82, 2.24) is 15.0 Å². The van der Waals surface area contributed by atoms with E-state index in [9.17, 15) is 23.1 Å². The van der Waals surface area contributed by atoms with E-state index in [2.05, 4.69) is 28.9 Å². The number of nitrogens with zero attached hydrogens (tertiary/aromatic N) is 3. The topological polar surface area (TPSA) is 77.2 Å². The average molecular weight is 534 g/mol. The van der Waals surface area contributed by atoms with Crippen molar-refractivity contribution in [2.45, 2.75) is 97.1 Å². The number of aliphatic hydroxyl groups is 1. The predicted molar refractivity (Wildman–Crippen MR) is 135 cm³/mol. The van der Waals surface area contributed by atoms with Gasteiger partial charge in [0.25, 0.3) is 0 Å². The number of Topliss-reactive ketones (excluding diaryl/α,β-unsaturated/α-hetero) is 1. The van der Waals surface area contributed by atoms with Crippen LogP contribution in [0, 0.1) is 40.4 Å². The largest absolute Gasteiger partial charge is 0.573 e. The number of benzene rings is 1. The zero-order chi connectivity index (χ0) is 27.1. The van der Waals surface area contributed by atoms with E-state index >= 15 is 0 Å². The molecule has 0 saturated heterocycles. The first-order chi connectivity index (χ1) is 17.8. The summed E-state index contributed by atoms with van der Waals surface area (Å²) >= 11 is 0. The first kappa shape index (κ1) is 26.1. The number of fused-ring (bicyclic) bond motifs is 6. The smallest absolute Gasteiger partial charge is 0.406 e. The van der Waals surface area contributed by atoms with Gasteiger partial charge in [-0.3, -0.25) is 4.79 Å². The zero-order valence-corrected chi connectivity index (χ0v) is 22.4. The summed E-state index contributed by atoms with van der Waals surface area (Å²) in [5.74, 6) is 2.01. The van der Waals surface area contributed by atoms with Crippen LogP contribution in [0.4, 0.5) is 13.2 Å². The molecule has 0 radical (unpaired) electrons. The number of halogens is 3. The molecule has 1 heterocycles. The molecule has 6 nitrogen and oxygen atoms in total. The van der Waals surface area contributed by atoms with E-state index in [0.717, 1.165) is 51.4 Å². The molecular formula is C29H38F3N3O3. The maximum Gasteiger partial charge on any atom is 0.573 e. The monoisotopic (exact) mass is 533 g/mol. The number of hydrogen-bond donors (Lipinski definition) is 1. The van der Waals surface area contributed by atoms with Crippen LogP contribution in [0.5, 0.6) is 5.75 Å². The Morgan fingerprint density at radius 3 is 2.58 bits per heavy atom. The highest BCUT2D eigenvalue weighted by atomic mass is 19.4. The van der Waals surface area contributed by atoms with Gasteiger partial charge in [0.1, 0.15) is 17.8 Å². The third kappa shape index (κ3) is 4.23. The number of hydrogen-bond acceptors (Lipinski definition) is 5. The molecule has 4 saturated carbocycles. The second-order valence-electron chi connectivity index (χ2n) is 13.4. The molecule has 208 valence electrons. The van der Waals surface area contributed by atoms with Crippen molar-refractivity contribution in [3.8, 4) is 5.75 Å². The summed E-state index contributed by atoms with van der Waals surface area (Å²) in [6.45, 7) is 6.77. The summed E-state index contributed by atoms with van der Waals surface area (Å²) in [6.07, 6.45) is 4.45. The van der Waals surface area contributed by atoms with Gasteiger partial charge in [0.05, 0.1) is 11.1 Å². The van der Waals surface area contributed by atoms with Crippen LogP contribution in [-0.4, -0.2) is 37.8 Å². The normalized spacial score (nSPS) is 40.9. The third-order valence-corrected chi connectivity index (χ3v) is 11.4. The highest BCUT2D eigenvalue weighted by Gasteiger charge is 2.61. The first-order valence-corrected chi connectivity index (χ1v) is 14.1. The lowest BCUT2D eigenvalue weighted by Gasteiger charge is -2.61. The molecule has 1 N–H and O–H groups in total. The zero-order valence-electron chi connectivity index (χ0n) is 22.4. The molecule has 6 rings (SSSR count). The van der Waals surface area contributed by atoms with Gasteiger partial charge >= 0.3 is 6.36 Å². The van der Waals surface area contributed by atoms with Crippen LogP contribution < -0.4 is 4.74 Å². The molecule has 0 aliphatic heterocycles.